The van der Waals surface area contributed by atoms with Gasteiger partial charge in [0.05, 0.1) is 6.10 Å². The van der Waals surface area contributed by atoms with Gasteiger partial charge in [0.2, 0.25) is 0 Å². The molecule has 0 spiro atoms. The van der Waals surface area contributed by atoms with Crippen LogP contribution in [0.1, 0.15) is 12.8 Å². The molecule has 8 heavy (non-hydrogen) atoms. The summed E-state index contributed by atoms with van der Waals surface area (Å²) in [5, 5.41) is 12.1. The summed E-state index contributed by atoms with van der Waals surface area (Å²) in [7, 11) is 0. The van der Waals surface area contributed by atoms with Crippen molar-refractivity contribution in [1.82, 2.24) is 5.32 Å². The third-order valence-electron chi connectivity index (χ3n) is 1.35. The van der Waals surface area contributed by atoms with Crippen molar-refractivity contribution in [1.29, 1.82) is 0 Å². The van der Waals surface area contributed by atoms with Crippen molar-refractivity contribution in [2.24, 2.45) is 0 Å². The summed E-state index contributed by atoms with van der Waals surface area (Å²) in [5.41, 5.74) is 0. The maximum atomic E-state index is 8.97. The lowest BCUT2D eigenvalue weighted by Gasteiger charge is -2.02. The van der Waals surface area contributed by atoms with Gasteiger partial charge in [-0.25, -0.2) is 0 Å². The third kappa shape index (κ3) is 1.80. The van der Waals surface area contributed by atoms with E-state index in [-0.39, 0.29) is 6.10 Å². The minimum Gasteiger partial charge on any atom is -0.392 e. The average Bonchev–Trinajstić information content (AvgIpc) is 1.94. The van der Waals surface area contributed by atoms with Gasteiger partial charge in [0.1, 0.15) is 0 Å². The van der Waals surface area contributed by atoms with Crippen LogP contribution < -0.4 is 5.32 Å². The van der Waals surface area contributed by atoms with E-state index in [2.05, 4.69) is 5.32 Å². The summed E-state index contributed by atoms with van der Waals surface area (Å²) in [6.07, 6.45) is 3.96. The van der Waals surface area contributed by atoms with E-state index in [9.17, 15) is 0 Å². The molecule has 0 aromatic rings. The monoisotopic (exact) mass is 114 g/mol. The van der Waals surface area contributed by atoms with Gasteiger partial charge >= 0.3 is 0 Å². The van der Waals surface area contributed by atoms with Gasteiger partial charge in [0, 0.05) is 6.54 Å². The molecule has 1 saturated heterocycles. The quantitative estimate of drug-likeness (QED) is 0.462. The van der Waals surface area contributed by atoms with E-state index < -0.39 is 0 Å². The van der Waals surface area contributed by atoms with Crippen molar-refractivity contribution in [2.45, 2.75) is 18.9 Å². The lowest BCUT2D eigenvalue weighted by molar-refractivity contribution is 0.206. The Hall–Kier alpha value is -0.0800. The van der Waals surface area contributed by atoms with Crippen LogP contribution in [0.2, 0.25) is 0 Å². The molecule has 0 bridgehead atoms. The zero-order valence-corrected chi connectivity index (χ0v) is 4.93. The van der Waals surface area contributed by atoms with Gasteiger partial charge < -0.3 is 10.4 Å². The number of nitrogens with one attached hydrogen (secondary N) is 1. The minimum absolute atomic E-state index is 0.211. The van der Waals surface area contributed by atoms with Gasteiger partial charge in [-0.3, -0.25) is 0 Å². The number of rotatable bonds is 0. The van der Waals surface area contributed by atoms with Crippen molar-refractivity contribution in [2.75, 3.05) is 13.1 Å². The summed E-state index contributed by atoms with van der Waals surface area (Å²) in [6, 6.07) is 0. The number of hydrogen-bond acceptors (Lipinski definition) is 2. The van der Waals surface area contributed by atoms with E-state index in [1.165, 1.54) is 0 Å². The molecule has 0 saturated carbocycles. The van der Waals surface area contributed by atoms with Crippen LogP contribution in [0.25, 0.3) is 0 Å². The fraction of sp³-hybridized carbons (Fsp3) is 0.833. The highest BCUT2D eigenvalue weighted by Crippen LogP contribution is 2.00. The van der Waals surface area contributed by atoms with Crippen LogP contribution >= 0.6 is 0 Å². The largest absolute Gasteiger partial charge is 0.392 e. The van der Waals surface area contributed by atoms with Crippen LogP contribution in [0.5, 0.6) is 0 Å². The van der Waals surface area contributed by atoms with Crippen molar-refractivity contribution < 1.29 is 5.11 Å². The molecule has 2 heteroatoms. The molecule has 0 aromatic carbocycles. The number of β-amino-alcohol motifs (C(OH)–C–C–N with tert-alkyl or cyclic N) is 1. The van der Waals surface area contributed by atoms with Crippen molar-refractivity contribution in [3.8, 4) is 0 Å². The fourth-order valence-corrected chi connectivity index (χ4v) is 0.871. The SMILES string of the molecule is OC1[CH]CCCNC1. The zero-order valence-electron chi connectivity index (χ0n) is 4.93. The van der Waals surface area contributed by atoms with Crippen LogP contribution in [-0.4, -0.2) is 24.3 Å². The molecule has 1 aliphatic rings. The Kier molecular flexibility index (Phi) is 2.30. The van der Waals surface area contributed by atoms with Gasteiger partial charge in [-0.05, 0) is 25.8 Å². The van der Waals surface area contributed by atoms with Crippen LogP contribution in [0.4, 0.5) is 0 Å². The molecular formula is C6H12NO. The Morgan fingerprint density at radius 2 is 2.50 bits per heavy atom. The predicted molar refractivity (Wildman–Crippen MR) is 32.4 cm³/mol. The molecule has 0 aromatic heterocycles. The molecule has 2 nitrogen and oxygen atoms in total. The Morgan fingerprint density at radius 3 is 3.38 bits per heavy atom. The first kappa shape index (κ1) is 6.05. The van der Waals surface area contributed by atoms with Gasteiger partial charge in [0.25, 0.3) is 0 Å². The predicted octanol–water partition coefficient (Wildman–Crippen LogP) is -0.0650. The highest BCUT2D eigenvalue weighted by molar-refractivity contribution is 4.80. The van der Waals surface area contributed by atoms with Crippen molar-refractivity contribution in [3.05, 3.63) is 6.42 Å². The molecule has 0 amide bonds. The second kappa shape index (κ2) is 3.05. The second-order valence-corrected chi connectivity index (χ2v) is 2.15. The van der Waals surface area contributed by atoms with Crippen molar-refractivity contribution >= 4 is 0 Å². The van der Waals surface area contributed by atoms with E-state index >= 15 is 0 Å². The first-order valence-corrected chi connectivity index (χ1v) is 3.12. The Bertz CT molecular complexity index is 57.5. The van der Waals surface area contributed by atoms with E-state index in [1.54, 1.807) is 0 Å². The Labute approximate surface area is 49.9 Å². The molecule has 1 unspecified atom stereocenters. The lowest BCUT2D eigenvalue weighted by Crippen LogP contribution is -2.24. The fourth-order valence-electron chi connectivity index (χ4n) is 0.871. The molecule has 1 atom stereocenters. The van der Waals surface area contributed by atoms with Crippen molar-refractivity contribution in [3.63, 3.8) is 0 Å². The maximum Gasteiger partial charge on any atom is 0.0696 e. The highest BCUT2D eigenvalue weighted by atomic mass is 16.3. The van der Waals surface area contributed by atoms with E-state index in [4.69, 9.17) is 5.11 Å². The van der Waals surface area contributed by atoms with Crippen LogP contribution in [-0.2, 0) is 0 Å². The highest BCUT2D eigenvalue weighted by Gasteiger charge is 2.06. The molecule has 1 fully saturated rings. The molecule has 47 valence electrons. The lowest BCUT2D eigenvalue weighted by atomic mass is 10.2. The standard InChI is InChI=1S/C6H12NO/c8-6-3-1-2-4-7-5-6/h3,6-8H,1-2,4-5H2. The molecular weight excluding hydrogens is 102 g/mol. The molecule has 1 radical (unpaired) electrons. The van der Waals surface area contributed by atoms with E-state index in [0.717, 1.165) is 25.9 Å². The topological polar surface area (TPSA) is 32.3 Å². The smallest absolute Gasteiger partial charge is 0.0696 e. The minimum atomic E-state index is -0.211. The summed E-state index contributed by atoms with van der Waals surface area (Å²) < 4.78 is 0. The van der Waals surface area contributed by atoms with Crippen LogP contribution in [0, 0.1) is 6.42 Å². The van der Waals surface area contributed by atoms with Crippen LogP contribution in [0.15, 0.2) is 0 Å². The number of aliphatic hydroxyl groups excluding tert-OH is 1. The maximum absolute atomic E-state index is 8.97. The summed E-state index contributed by atoms with van der Waals surface area (Å²) >= 11 is 0. The van der Waals surface area contributed by atoms with E-state index in [1.807, 2.05) is 6.42 Å². The van der Waals surface area contributed by atoms with Gasteiger partial charge in [-0.1, -0.05) is 0 Å². The zero-order chi connectivity index (χ0) is 5.82. The Morgan fingerprint density at radius 1 is 1.62 bits per heavy atom. The Balaban J connectivity index is 2.17. The number of aliphatic hydroxyl groups is 1. The number of hydrogen-bond donors (Lipinski definition) is 2. The first-order chi connectivity index (χ1) is 3.89. The summed E-state index contributed by atoms with van der Waals surface area (Å²) in [4.78, 5) is 0. The molecule has 0 aliphatic carbocycles. The van der Waals surface area contributed by atoms with Gasteiger partial charge in [-0.2, -0.15) is 0 Å². The molecule has 1 heterocycles. The molecule has 1 rings (SSSR count). The molecule has 1 aliphatic heterocycles. The van der Waals surface area contributed by atoms with Gasteiger partial charge in [-0.15, -0.1) is 0 Å². The normalized spacial score (nSPS) is 31.9. The first-order valence-electron chi connectivity index (χ1n) is 3.12. The average molecular weight is 114 g/mol. The third-order valence-corrected chi connectivity index (χ3v) is 1.35. The van der Waals surface area contributed by atoms with Gasteiger partial charge in [0.15, 0.2) is 0 Å². The second-order valence-electron chi connectivity index (χ2n) is 2.15. The molecule has 2 N–H and O–H groups in total. The summed E-state index contributed by atoms with van der Waals surface area (Å²) in [5.74, 6) is 0. The van der Waals surface area contributed by atoms with E-state index in [0.29, 0.717) is 0 Å². The van der Waals surface area contributed by atoms with Crippen LogP contribution in [0.3, 0.4) is 0 Å². The summed E-state index contributed by atoms with van der Waals surface area (Å²) in [6.45, 7) is 1.79.